The normalized spacial score (nSPS) is 28.6. The van der Waals surface area contributed by atoms with Crippen LogP contribution in [0.4, 0.5) is 11.4 Å². The van der Waals surface area contributed by atoms with Crippen molar-refractivity contribution in [2.24, 2.45) is 40.4 Å². The van der Waals surface area contributed by atoms with E-state index >= 15 is 0 Å². The third kappa shape index (κ3) is 11.9. The van der Waals surface area contributed by atoms with E-state index in [1.165, 1.54) is 105 Å². The standard InChI is InChI=1S/C95H104N2O/c1-8-64-27-31-68(32-28-64)73-39-52-82-83-53-49-79(62-89(83)94(6,7)88(82)61-73)97-91-55-40-71(69-33-42-74(43-34-69)93(3,4)5)59-85(91)86-60-72(41-56-92(86)97)70-37-46-77(47-38-70)96(76-44-35-67(36-45-76)66-21-13-10-14-22-66)78-48-54-84-81-25-17-18-26-87(81)95(90(84)63-78,75-23-15-11-16-24-75)57-19-12-20-58-98-80-50-29-65(9-2)30-51-80/h8-9,15,17-18,21,23-27,29-34,37,39-42,44,46,49-51,53-56,60-64,67,74,78,81-82,85,87H,1-2,10-14,16,19-20,22,28,35-36,38,43,45,47-48,52,57-59H2,3-7H3. The number of nitrogens with zero attached hydrogens (tertiary/aromatic N) is 2. The highest BCUT2D eigenvalue weighted by atomic mass is 16.5. The molecule has 9 unspecified atom stereocenters. The Morgan fingerprint density at radius 1 is 0.673 bits per heavy atom. The first-order valence-electron chi connectivity index (χ1n) is 38.2. The van der Waals surface area contributed by atoms with Crippen molar-refractivity contribution >= 4 is 23.0 Å². The van der Waals surface area contributed by atoms with Gasteiger partial charge in [0.15, 0.2) is 0 Å². The lowest BCUT2D eigenvalue weighted by atomic mass is 9.63. The van der Waals surface area contributed by atoms with Crippen LogP contribution in [-0.4, -0.2) is 17.5 Å². The number of ether oxygens (including phenoxy) is 1. The summed E-state index contributed by atoms with van der Waals surface area (Å²) in [5.74, 6) is 4.05. The molecule has 1 fully saturated rings. The number of hydrogen-bond acceptors (Lipinski definition) is 3. The van der Waals surface area contributed by atoms with Gasteiger partial charge >= 0.3 is 0 Å². The van der Waals surface area contributed by atoms with E-state index in [4.69, 9.17) is 4.74 Å². The lowest BCUT2D eigenvalue weighted by molar-refractivity contribution is 0.274. The fourth-order valence-corrected chi connectivity index (χ4v) is 19.9. The van der Waals surface area contributed by atoms with Crippen LogP contribution >= 0.6 is 0 Å². The van der Waals surface area contributed by atoms with Crippen molar-refractivity contribution in [3.8, 4) is 5.75 Å². The van der Waals surface area contributed by atoms with Gasteiger partial charge in [0, 0.05) is 63.0 Å². The zero-order valence-corrected chi connectivity index (χ0v) is 59.4. The molecule has 0 amide bonds. The maximum atomic E-state index is 6.32. The second-order valence-corrected chi connectivity index (χ2v) is 32.3. The quantitative estimate of drug-likeness (QED) is 0.0932. The van der Waals surface area contributed by atoms with E-state index in [0.717, 1.165) is 114 Å². The van der Waals surface area contributed by atoms with Gasteiger partial charge in [0.2, 0.25) is 0 Å². The minimum absolute atomic E-state index is 0.0861. The molecule has 1 heterocycles. The number of fused-ring (bicyclic) bond motifs is 9. The summed E-state index contributed by atoms with van der Waals surface area (Å²) < 4.78 is 6.32. The van der Waals surface area contributed by atoms with Crippen LogP contribution in [0.3, 0.4) is 0 Å². The topological polar surface area (TPSA) is 15.7 Å². The molecule has 12 aliphatic carbocycles. The van der Waals surface area contributed by atoms with Crippen molar-refractivity contribution in [1.29, 1.82) is 0 Å². The molecule has 3 aromatic rings. The first-order chi connectivity index (χ1) is 47.8. The van der Waals surface area contributed by atoms with Gasteiger partial charge in [0.05, 0.1) is 12.6 Å². The monoisotopic (exact) mass is 1290 g/mol. The van der Waals surface area contributed by atoms with Crippen LogP contribution in [0.5, 0.6) is 5.75 Å². The lowest BCUT2D eigenvalue weighted by Crippen LogP contribution is -2.37. The molecule has 16 rings (SSSR count). The van der Waals surface area contributed by atoms with E-state index in [1.54, 1.807) is 33.6 Å². The molecule has 9 atom stereocenters. The molecule has 1 aliphatic heterocycles. The van der Waals surface area contributed by atoms with Crippen molar-refractivity contribution in [3.05, 3.63) is 315 Å². The zero-order valence-electron chi connectivity index (χ0n) is 59.4. The van der Waals surface area contributed by atoms with Gasteiger partial charge in [-0.15, -0.1) is 6.58 Å². The third-order valence-corrected chi connectivity index (χ3v) is 25.4. The molecule has 0 radical (unpaired) electrons. The predicted octanol–water partition coefficient (Wildman–Crippen LogP) is 25.1. The number of unbranched alkanes of at least 4 members (excludes halogenated alkanes) is 2. The Hall–Kier alpha value is -8.14. The Labute approximate surface area is 587 Å². The van der Waals surface area contributed by atoms with E-state index in [2.05, 4.69) is 264 Å². The van der Waals surface area contributed by atoms with Crippen LogP contribution in [0.15, 0.2) is 287 Å². The summed E-state index contributed by atoms with van der Waals surface area (Å²) in [6.07, 6.45) is 84.7. The van der Waals surface area contributed by atoms with Gasteiger partial charge in [-0.2, -0.15) is 0 Å². The average molecular weight is 1290 g/mol. The highest BCUT2D eigenvalue weighted by molar-refractivity contribution is 5.83. The number of allylic oxidation sites excluding steroid dienone is 35. The molecular formula is C95H104N2O. The molecule has 0 aromatic heterocycles. The van der Waals surface area contributed by atoms with Crippen molar-refractivity contribution in [1.82, 2.24) is 4.90 Å². The second kappa shape index (κ2) is 26.8. The highest BCUT2D eigenvalue weighted by Crippen LogP contribution is 2.65. The van der Waals surface area contributed by atoms with Crippen LogP contribution in [0.2, 0.25) is 0 Å². The van der Waals surface area contributed by atoms with Crippen molar-refractivity contribution in [2.45, 2.75) is 186 Å². The minimum atomic E-state index is -0.0930. The van der Waals surface area contributed by atoms with E-state index in [0.29, 0.717) is 35.5 Å². The second-order valence-electron chi connectivity index (χ2n) is 32.3. The van der Waals surface area contributed by atoms with Gasteiger partial charge in [-0.25, -0.2) is 0 Å². The molecule has 98 heavy (non-hydrogen) atoms. The number of rotatable bonds is 18. The molecule has 0 N–H and O–H groups in total. The van der Waals surface area contributed by atoms with E-state index in [-0.39, 0.29) is 28.2 Å². The van der Waals surface area contributed by atoms with Gasteiger partial charge in [0.1, 0.15) is 5.75 Å². The summed E-state index contributed by atoms with van der Waals surface area (Å²) in [6, 6.07) is 23.7. The maximum absolute atomic E-state index is 6.32. The van der Waals surface area contributed by atoms with Crippen LogP contribution < -0.4 is 9.64 Å². The summed E-state index contributed by atoms with van der Waals surface area (Å²) >= 11 is 0. The van der Waals surface area contributed by atoms with Crippen LogP contribution in [0, 0.1) is 40.4 Å². The molecule has 0 spiro atoms. The van der Waals surface area contributed by atoms with Crippen molar-refractivity contribution < 1.29 is 4.74 Å². The first-order valence-corrected chi connectivity index (χ1v) is 38.2. The van der Waals surface area contributed by atoms with Crippen LogP contribution in [0.25, 0.3) is 11.6 Å². The lowest BCUT2D eigenvalue weighted by Gasteiger charge is -2.43. The number of hydrogen-bond donors (Lipinski definition) is 0. The number of anilines is 2. The first kappa shape index (κ1) is 64.5. The Morgan fingerprint density at radius 2 is 1.53 bits per heavy atom. The SMILES string of the molecule is C=Cc1ccc(OCCCCCC2(C3=CCCC=C3)C3=CC(N(C4=CC=C(c5ccc6c(c5)C5CC(C7=CCC(C(C)(C)C)C=C7)=CC=C5N6c5ccc6c(c5)C(C)(C)C5=CC(C7=CCC(C=C)C=C7)=CCC56)CC4)C4=CCC(C5=CCCCC5)CC4)CC=C3C3C=CC=CC32)cc1. The summed E-state index contributed by atoms with van der Waals surface area (Å²) in [6.45, 7) is 20.9. The van der Waals surface area contributed by atoms with Gasteiger partial charge in [0.25, 0.3) is 0 Å². The molecule has 1 saturated carbocycles. The van der Waals surface area contributed by atoms with E-state index in [1.807, 2.05) is 6.08 Å². The molecule has 3 heteroatoms. The third-order valence-electron chi connectivity index (χ3n) is 25.4. The average Bonchev–Trinajstić information content (AvgIpc) is 1.56. The Morgan fingerprint density at radius 3 is 2.29 bits per heavy atom. The molecule has 0 bridgehead atoms. The summed E-state index contributed by atoms with van der Waals surface area (Å²) in [5, 5.41) is 0. The van der Waals surface area contributed by atoms with Crippen molar-refractivity contribution in [3.63, 3.8) is 0 Å². The van der Waals surface area contributed by atoms with Gasteiger partial charge in [-0.1, -0.05) is 229 Å². The zero-order chi connectivity index (χ0) is 66.7. The fraction of sp³-hybridized carbons (Fsp3) is 0.389. The smallest absolute Gasteiger partial charge is 0.119 e. The summed E-state index contributed by atoms with van der Waals surface area (Å²) in [5.41, 5.74) is 29.2. The summed E-state index contributed by atoms with van der Waals surface area (Å²) in [7, 11) is 0. The Bertz CT molecular complexity index is 4320. The van der Waals surface area contributed by atoms with Crippen LogP contribution in [-0.2, 0) is 5.41 Å². The van der Waals surface area contributed by atoms with Gasteiger partial charge in [-0.3, -0.25) is 0 Å². The van der Waals surface area contributed by atoms with Gasteiger partial charge in [-0.05, 0) is 260 Å². The van der Waals surface area contributed by atoms with Crippen LogP contribution in [0.1, 0.15) is 203 Å². The van der Waals surface area contributed by atoms with Crippen molar-refractivity contribution in [2.75, 3.05) is 11.5 Å². The fourth-order valence-electron chi connectivity index (χ4n) is 19.9. The molecule has 500 valence electrons. The molecular weight excluding hydrogens is 1190 g/mol. The molecule has 13 aliphatic rings. The Kier molecular flexibility index (Phi) is 17.7. The maximum Gasteiger partial charge on any atom is 0.119 e. The Balaban J connectivity index is 0.728. The minimum Gasteiger partial charge on any atom is -0.494 e. The highest BCUT2D eigenvalue weighted by Gasteiger charge is 2.55. The van der Waals surface area contributed by atoms with E-state index in [9.17, 15) is 0 Å². The number of benzene rings is 3. The molecule has 0 saturated heterocycles. The molecule has 3 aromatic carbocycles. The van der Waals surface area contributed by atoms with E-state index < -0.39 is 0 Å². The molecule has 3 nitrogen and oxygen atoms in total. The van der Waals surface area contributed by atoms with Gasteiger partial charge < -0.3 is 14.5 Å². The largest absolute Gasteiger partial charge is 0.494 e. The summed E-state index contributed by atoms with van der Waals surface area (Å²) in [4.78, 5) is 5.55. The predicted molar refractivity (Wildman–Crippen MR) is 414 cm³/mol.